The van der Waals surface area contributed by atoms with Crippen molar-refractivity contribution in [3.63, 3.8) is 0 Å². The molecule has 0 saturated heterocycles. The number of thiophene rings is 1. The van der Waals surface area contributed by atoms with E-state index in [1.807, 2.05) is 19.1 Å². The predicted octanol–water partition coefficient (Wildman–Crippen LogP) is 3.86. The Morgan fingerprint density at radius 1 is 1.25 bits per heavy atom. The molecule has 0 bridgehead atoms. The molecule has 0 atom stereocenters. The highest BCUT2D eigenvalue weighted by Crippen LogP contribution is 2.43. The molecule has 4 nitrogen and oxygen atoms in total. The van der Waals surface area contributed by atoms with Gasteiger partial charge in [-0.15, -0.1) is 11.3 Å². The molecule has 1 saturated carbocycles. The Labute approximate surface area is 147 Å². The molecule has 1 heterocycles. The van der Waals surface area contributed by atoms with Gasteiger partial charge in [0, 0.05) is 16.8 Å². The SMILES string of the molecule is COc1ccc(C)cc1S(=O)(=O)NCC1(c2cccs2)CCCC1. The maximum atomic E-state index is 12.8. The van der Waals surface area contributed by atoms with E-state index in [4.69, 9.17) is 4.74 Å². The Morgan fingerprint density at radius 3 is 2.62 bits per heavy atom. The lowest BCUT2D eigenvalue weighted by molar-refractivity contribution is 0.400. The van der Waals surface area contributed by atoms with Crippen LogP contribution in [0, 0.1) is 6.92 Å². The van der Waals surface area contributed by atoms with E-state index in [9.17, 15) is 8.42 Å². The average molecular weight is 366 g/mol. The molecule has 1 aliphatic carbocycles. The maximum Gasteiger partial charge on any atom is 0.244 e. The molecule has 1 N–H and O–H groups in total. The number of nitrogens with one attached hydrogen (secondary N) is 1. The highest BCUT2D eigenvalue weighted by molar-refractivity contribution is 7.89. The van der Waals surface area contributed by atoms with Crippen molar-refractivity contribution in [2.45, 2.75) is 42.9 Å². The molecule has 1 aromatic heterocycles. The van der Waals surface area contributed by atoms with Crippen molar-refractivity contribution >= 4 is 21.4 Å². The molecule has 130 valence electrons. The van der Waals surface area contributed by atoms with Gasteiger partial charge in [0.1, 0.15) is 10.6 Å². The third-order valence-corrected chi connectivity index (χ3v) is 7.35. The smallest absolute Gasteiger partial charge is 0.244 e. The van der Waals surface area contributed by atoms with E-state index in [0.29, 0.717) is 12.3 Å². The first-order valence-corrected chi connectivity index (χ1v) is 10.5. The monoisotopic (exact) mass is 365 g/mol. The van der Waals surface area contributed by atoms with Crippen molar-refractivity contribution in [3.8, 4) is 5.75 Å². The minimum Gasteiger partial charge on any atom is -0.495 e. The van der Waals surface area contributed by atoms with Crippen LogP contribution in [-0.4, -0.2) is 22.1 Å². The molecule has 2 aromatic rings. The number of benzene rings is 1. The summed E-state index contributed by atoms with van der Waals surface area (Å²) in [6.07, 6.45) is 4.35. The van der Waals surface area contributed by atoms with E-state index in [1.165, 1.54) is 12.0 Å². The fraction of sp³-hybridized carbons (Fsp3) is 0.444. The van der Waals surface area contributed by atoms with Crippen LogP contribution < -0.4 is 9.46 Å². The van der Waals surface area contributed by atoms with Gasteiger partial charge in [-0.25, -0.2) is 13.1 Å². The van der Waals surface area contributed by atoms with Crippen molar-refractivity contribution in [1.82, 2.24) is 4.72 Å². The van der Waals surface area contributed by atoms with Gasteiger partial charge in [0.15, 0.2) is 0 Å². The Kier molecular flexibility index (Phi) is 4.99. The maximum absolute atomic E-state index is 12.8. The number of ether oxygens (including phenoxy) is 1. The Balaban J connectivity index is 1.86. The van der Waals surface area contributed by atoms with Crippen LogP contribution in [0.15, 0.2) is 40.6 Å². The summed E-state index contributed by atoms with van der Waals surface area (Å²) >= 11 is 1.72. The lowest BCUT2D eigenvalue weighted by atomic mass is 9.85. The largest absolute Gasteiger partial charge is 0.495 e. The average Bonchev–Trinajstić information content (AvgIpc) is 3.25. The van der Waals surface area contributed by atoms with Gasteiger partial charge in [-0.05, 0) is 48.9 Å². The Hall–Kier alpha value is -1.37. The highest BCUT2D eigenvalue weighted by Gasteiger charge is 2.37. The molecule has 0 unspecified atom stereocenters. The first-order chi connectivity index (χ1) is 11.5. The molecule has 6 heteroatoms. The predicted molar refractivity (Wildman–Crippen MR) is 97.4 cm³/mol. The number of hydrogen-bond acceptors (Lipinski definition) is 4. The van der Waals surface area contributed by atoms with Gasteiger partial charge in [-0.3, -0.25) is 0 Å². The van der Waals surface area contributed by atoms with E-state index < -0.39 is 10.0 Å². The zero-order valence-electron chi connectivity index (χ0n) is 14.0. The normalized spacial score (nSPS) is 17.1. The van der Waals surface area contributed by atoms with Crippen molar-refractivity contribution in [3.05, 3.63) is 46.2 Å². The molecule has 1 aliphatic rings. The molecule has 1 aromatic carbocycles. The molecule has 0 radical (unpaired) electrons. The number of methoxy groups -OCH3 is 1. The fourth-order valence-corrected chi connectivity index (χ4v) is 5.81. The molecule has 1 fully saturated rings. The minimum absolute atomic E-state index is 0.0711. The van der Waals surface area contributed by atoms with Gasteiger partial charge in [-0.2, -0.15) is 0 Å². The topological polar surface area (TPSA) is 55.4 Å². The standard InChI is InChI=1S/C18H23NO3S2/c1-14-7-8-15(22-2)16(12-14)24(20,21)19-13-18(9-3-4-10-18)17-6-5-11-23-17/h5-8,11-12,19H,3-4,9-10,13H2,1-2H3. The highest BCUT2D eigenvalue weighted by atomic mass is 32.2. The number of hydrogen-bond donors (Lipinski definition) is 1. The second-order valence-corrected chi connectivity index (χ2v) is 9.13. The summed E-state index contributed by atoms with van der Waals surface area (Å²) in [5, 5.41) is 2.06. The number of rotatable bonds is 6. The van der Waals surface area contributed by atoms with E-state index in [-0.39, 0.29) is 10.3 Å². The summed E-state index contributed by atoms with van der Waals surface area (Å²) in [7, 11) is -2.12. The molecule has 0 spiro atoms. The first-order valence-electron chi connectivity index (χ1n) is 8.15. The fourth-order valence-electron chi connectivity index (χ4n) is 3.45. The number of aryl methyl sites for hydroxylation is 1. The summed E-state index contributed by atoms with van der Waals surface area (Å²) in [6.45, 7) is 2.31. The minimum atomic E-state index is -3.61. The lowest BCUT2D eigenvalue weighted by Crippen LogP contribution is -2.38. The molecular formula is C18H23NO3S2. The van der Waals surface area contributed by atoms with Crippen molar-refractivity contribution in [2.24, 2.45) is 0 Å². The summed E-state index contributed by atoms with van der Waals surface area (Å²) in [6, 6.07) is 9.37. The summed E-state index contributed by atoms with van der Waals surface area (Å²) < 4.78 is 33.8. The first kappa shape index (κ1) is 17.5. The third kappa shape index (κ3) is 3.36. The zero-order valence-corrected chi connectivity index (χ0v) is 15.7. The second kappa shape index (κ2) is 6.86. The lowest BCUT2D eigenvalue weighted by Gasteiger charge is -2.28. The van der Waals surface area contributed by atoms with Gasteiger partial charge in [0.25, 0.3) is 0 Å². The van der Waals surface area contributed by atoms with Crippen LogP contribution in [0.1, 0.15) is 36.1 Å². The van der Waals surface area contributed by atoms with Crippen LogP contribution in [0.5, 0.6) is 5.75 Å². The Morgan fingerprint density at radius 2 is 2.00 bits per heavy atom. The van der Waals surface area contributed by atoms with Gasteiger partial charge in [0.2, 0.25) is 10.0 Å². The Bertz CT molecular complexity index is 792. The molecule has 3 rings (SSSR count). The van der Waals surface area contributed by atoms with Crippen molar-refractivity contribution in [1.29, 1.82) is 0 Å². The third-order valence-electron chi connectivity index (χ3n) is 4.81. The van der Waals surface area contributed by atoms with E-state index in [2.05, 4.69) is 16.2 Å². The van der Waals surface area contributed by atoms with Crippen LogP contribution >= 0.6 is 11.3 Å². The van der Waals surface area contributed by atoms with Gasteiger partial charge in [0.05, 0.1) is 7.11 Å². The van der Waals surface area contributed by atoms with E-state index in [1.54, 1.807) is 23.5 Å². The zero-order chi connectivity index (χ0) is 17.2. The summed E-state index contributed by atoms with van der Waals surface area (Å²) in [5.41, 5.74) is 0.822. The molecule has 0 aliphatic heterocycles. The van der Waals surface area contributed by atoms with E-state index in [0.717, 1.165) is 31.2 Å². The molecular weight excluding hydrogens is 342 g/mol. The van der Waals surface area contributed by atoms with Crippen molar-refractivity contribution in [2.75, 3.05) is 13.7 Å². The van der Waals surface area contributed by atoms with Gasteiger partial charge < -0.3 is 4.74 Å². The van der Waals surface area contributed by atoms with Crippen LogP contribution in [0.2, 0.25) is 0 Å². The summed E-state index contributed by atoms with van der Waals surface area (Å²) in [4.78, 5) is 1.49. The quantitative estimate of drug-likeness (QED) is 0.846. The van der Waals surface area contributed by atoms with Crippen LogP contribution in [0.25, 0.3) is 0 Å². The van der Waals surface area contributed by atoms with Gasteiger partial charge >= 0.3 is 0 Å². The van der Waals surface area contributed by atoms with Gasteiger partial charge in [-0.1, -0.05) is 25.0 Å². The van der Waals surface area contributed by atoms with Crippen LogP contribution in [0.4, 0.5) is 0 Å². The van der Waals surface area contributed by atoms with E-state index >= 15 is 0 Å². The second-order valence-electron chi connectivity index (χ2n) is 6.44. The van der Waals surface area contributed by atoms with Crippen LogP contribution in [-0.2, 0) is 15.4 Å². The molecule has 24 heavy (non-hydrogen) atoms. The van der Waals surface area contributed by atoms with Crippen molar-refractivity contribution < 1.29 is 13.2 Å². The summed E-state index contributed by atoms with van der Waals surface area (Å²) in [5.74, 6) is 0.379. The molecule has 0 amide bonds. The van der Waals surface area contributed by atoms with Crippen LogP contribution in [0.3, 0.4) is 0 Å². The number of sulfonamides is 1.